The SMILES string of the molecule is NC(=NCC1CCc2ccccc21)N1CCSCC1. The van der Waals surface area contributed by atoms with Gasteiger partial charge in [-0.15, -0.1) is 0 Å². The molecule has 1 fully saturated rings. The highest BCUT2D eigenvalue weighted by Gasteiger charge is 2.22. The number of hydrogen-bond acceptors (Lipinski definition) is 2. The predicted molar refractivity (Wildman–Crippen MR) is 82.9 cm³/mol. The van der Waals surface area contributed by atoms with Gasteiger partial charge in [0.2, 0.25) is 0 Å². The van der Waals surface area contributed by atoms with Crippen molar-refractivity contribution in [3.8, 4) is 0 Å². The summed E-state index contributed by atoms with van der Waals surface area (Å²) in [5, 5.41) is 0. The number of nitrogens with two attached hydrogens (primary N) is 1. The van der Waals surface area contributed by atoms with Crippen LogP contribution >= 0.6 is 11.8 Å². The smallest absolute Gasteiger partial charge is 0.191 e. The predicted octanol–water partition coefficient (Wildman–Crippen LogP) is 2.08. The molecule has 102 valence electrons. The normalized spacial score (nSPS) is 23.5. The van der Waals surface area contributed by atoms with Gasteiger partial charge in [0.25, 0.3) is 0 Å². The number of nitrogens with zero attached hydrogens (tertiary/aromatic N) is 2. The Morgan fingerprint density at radius 1 is 1.32 bits per heavy atom. The molecule has 1 aromatic rings. The molecule has 1 saturated heterocycles. The summed E-state index contributed by atoms with van der Waals surface area (Å²) >= 11 is 2.00. The van der Waals surface area contributed by atoms with Crippen molar-refractivity contribution in [3.63, 3.8) is 0 Å². The summed E-state index contributed by atoms with van der Waals surface area (Å²) in [7, 11) is 0. The van der Waals surface area contributed by atoms with Crippen LogP contribution in [0, 0.1) is 0 Å². The Kier molecular flexibility index (Phi) is 3.97. The number of rotatable bonds is 2. The maximum absolute atomic E-state index is 6.11. The Balaban J connectivity index is 1.63. The number of aliphatic imine (C=N–C) groups is 1. The standard InChI is InChI=1S/C15H21N3S/c16-15(18-7-9-19-10-8-18)17-11-13-6-5-12-3-1-2-4-14(12)13/h1-4,13H,5-11H2,(H2,16,17). The van der Waals surface area contributed by atoms with Crippen LogP contribution in [0.25, 0.3) is 0 Å². The van der Waals surface area contributed by atoms with E-state index in [1.54, 1.807) is 0 Å². The van der Waals surface area contributed by atoms with Gasteiger partial charge in [-0.1, -0.05) is 24.3 Å². The highest BCUT2D eigenvalue weighted by Crippen LogP contribution is 2.32. The van der Waals surface area contributed by atoms with Gasteiger partial charge < -0.3 is 10.6 Å². The van der Waals surface area contributed by atoms with Gasteiger partial charge in [-0.25, -0.2) is 0 Å². The van der Waals surface area contributed by atoms with Crippen LogP contribution in [0.5, 0.6) is 0 Å². The largest absolute Gasteiger partial charge is 0.370 e. The van der Waals surface area contributed by atoms with Crippen LogP contribution in [0.3, 0.4) is 0 Å². The third-order valence-corrected chi connectivity index (χ3v) is 5.01. The van der Waals surface area contributed by atoms with Gasteiger partial charge in [0.05, 0.1) is 0 Å². The summed E-state index contributed by atoms with van der Waals surface area (Å²) in [6.45, 7) is 2.93. The molecule has 2 aliphatic rings. The third-order valence-electron chi connectivity index (χ3n) is 4.07. The highest BCUT2D eigenvalue weighted by atomic mass is 32.2. The first-order valence-electron chi connectivity index (χ1n) is 7.05. The van der Waals surface area contributed by atoms with Gasteiger partial charge in [-0.2, -0.15) is 11.8 Å². The molecule has 19 heavy (non-hydrogen) atoms. The second-order valence-electron chi connectivity index (χ2n) is 5.23. The van der Waals surface area contributed by atoms with E-state index in [-0.39, 0.29) is 0 Å². The van der Waals surface area contributed by atoms with Crippen LogP contribution < -0.4 is 5.73 Å². The molecule has 0 bridgehead atoms. The molecule has 1 unspecified atom stereocenters. The van der Waals surface area contributed by atoms with Crippen molar-refractivity contribution >= 4 is 17.7 Å². The minimum atomic E-state index is 0.564. The lowest BCUT2D eigenvalue weighted by Gasteiger charge is -2.27. The Bertz CT molecular complexity index is 466. The molecule has 4 heteroatoms. The molecule has 1 heterocycles. The van der Waals surface area contributed by atoms with Gasteiger partial charge in [-0.3, -0.25) is 4.99 Å². The average Bonchev–Trinajstić information content (AvgIpc) is 2.89. The van der Waals surface area contributed by atoms with Crippen molar-refractivity contribution < 1.29 is 0 Å². The minimum Gasteiger partial charge on any atom is -0.370 e. The fraction of sp³-hybridized carbons (Fsp3) is 0.533. The topological polar surface area (TPSA) is 41.6 Å². The first-order valence-corrected chi connectivity index (χ1v) is 8.20. The molecule has 0 amide bonds. The number of benzene rings is 1. The third kappa shape index (κ3) is 2.89. The Hall–Kier alpha value is -1.16. The second kappa shape index (κ2) is 5.87. The van der Waals surface area contributed by atoms with Crippen LogP contribution in [-0.4, -0.2) is 42.0 Å². The molecule has 0 aromatic heterocycles. The average molecular weight is 275 g/mol. The van der Waals surface area contributed by atoms with E-state index in [9.17, 15) is 0 Å². The van der Waals surface area contributed by atoms with Crippen molar-refractivity contribution in [1.82, 2.24) is 4.90 Å². The van der Waals surface area contributed by atoms with Crippen LogP contribution in [0.4, 0.5) is 0 Å². The Morgan fingerprint density at radius 3 is 2.95 bits per heavy atom. The van der Waals surface area contributed by atoms with Gasteiger partial charge in [0.1, 0.15) is 0 Å². The highest BCUT2D eigenvalue weighted by molar-refractivity contribution is 7.99. The molecule has 1 atom stereocenters. The Labute approximate surface area is 119 Å². The lowest BCUT2D eigenvalue weighted by molar-refractivity contribution is 0.454. The first kappa shape index (κ1) is 12.9. The van der Waals surface area contributed by atoms with Crippen LogP contribution in [0.1, 0.15) is 23.5 Å². The van der Waals surface area contributed by atoms with Crippen LogP contribution in [-0.2, 0) is 6.42 Å². The lowest BCUT2D eigenvalue weighted by Crippen LogP contribution is -2.42. The molecular weight excluding hydrogens is 254 g/mol. The maximum atomic E-state index is 6.11. The molecule has 0 radical (unpaired) electrons. The molecule has 3 nitrogen and oxygen atoms in total. The summed E-state index contributed by atoms with van der Waals surface area (Å²) in [5.74, 6) is 3.64. The number of guanidine groups is 1. The van der Waals surface area contributed by atoms with Gasteiger partial charge in [0, 0.05) is 37.1 Å². The monoisotopic (exact) mass is 275 g/mol. The first-order chi connectivity index (χ1) is 9.34. The molecule has 3 rings (SSSR count). The van der Waals surface area contributed by atoms with E-state index in [1.165, 1.54) is 35.5 Å². The summed E-state index contributed by atoms with van der Waals surface area (Å²) < 4.78 is 0. The fourth-order valence-electron chi connectivity index (χ4n) is 2.93. The summed E-state index contributed by atoms with van der Waals surface area (Å²) in [6, 6.07) is 8.75. The van der Waals surface area contributed by atoms with Crippen molar-refractivity contribution in [2.24, 2.45) is 10.7 Å². The van der Waals surface area contributed by atoms with Crippen LogP contribution in [0.2, 0.25) is 0 Å². The zero-order valence-corrected chi connectivity index (χ0v) is 12.0. The number of aryl methyl sites for hydroxylation is 1. The van der Waals surface area contributed by atoms with E-state index in [1.807, 2.05) is 11.8 Å². The van der Waals surface area contributed by atoms with E-state index in [2.05, 4.69) is 34.2 Å². The Morgan fingerprint density at radius 2 is 2.11 bits per heavy atom. The number of thioether (sulfide) groups is 1. The number of hydrogen-bond donors (Lipinski definition) is 1. The molecule has 1 aliphatic carbocycles. The van der Waals surface area contributed by atoms with E-state index < -0.39 is 0 Å². The summed E-state index contributed by atoms with van der Waals surface area (Å²) in [5.41, 5.74) is 9.09. The quantitative estimate of drug-likeness (QED) is 0.664. The molecule has 1 aliphatic heterocycles. The molecule has 0 spiro atoms. The second-order valence-corrected chi connectivity index (χ2v) is 6.46. The van der Waals surface area contributed by atoms with Crippen molar-refractivity contribution in [1.29, 1.82) is 0 Å². The van der Waals surface area contributed by atoms with Crippen molar-refractivity contribution in [3.05, 3.63) is 35.4 Å². The van der Waals surface area contributed by atoms with Crippen molar-refractivity contribution in [2.45, 2.75) is 18.8 Å². The van der Waals surface area contributed by atoms with Gasteiger partial charge in [-0.05, 0) is 24.0 Å². The molecular formula is C15H21N3S. The van der Waals surface area contributed by atoms with E-state index >= 15 is 0 Å². The van der Waals surface area contributed by atoms with E-state index in [0.29, 0.717) is 5.92 Å². The van der Waals surface area contributed by atoms with Gasteiger partial charge in [0.15, 0.2) is 5.96 Å². The summed E-state index contributed by atoms with van der Waals surface area (Å²) in [6.07, 6.45) is 2.41. The summed E-state index contributed by atoms with van der Waals surface area (Å²) in [4.78, 5) is 6.86. The number of fused-ring (bicyclic) bond motifs is 1. The van der Waals surface area contributed by atoms with Gasteiger partial charge >= 0.3 is 0 Å². The van der Waals surface area contributed by atoms with E-state index in [4.69, 9.17) is 5.73 Å². The minimum absolute atomic E-state index is 0.564. The maximum Gasteiger partial charge on any atom is 0.191 e. The fourth-order valence-corrected chi connectivity index (χ4v) is 3.83. The molecule has 1 aromatic carbocycles. The zero-order valence-electron chi connectivity index (χ0n) is 11.2. The lowest BCUT2D eigenvalue weighted by atomic mass is 10.0. The van der Waals surface area contributed by atoms with Crippen LogP contribution in [0.15, 0.2) is 29.3 Å². The van der Waals surface area contributed by atoms with E-state index in [0.717, 1.165) is 25.6 Å². The zero-order chi connectivity index (χ0) is 13.1. The van der Waals surface area contributed by atoms with Crippen molar-refractivity contribution in [2.75, 3.05) is 31.1 Å². The molecule has 2 N–H and O–H groups in total. The molecule has 0 saturated carbocycles.